The molecule has 12 heavy (non-hydrogen) atoms. The maximum absolute atomic E-state index is 4.21. The number of benzene rings is 1. The average Bonchev–Trinajstić information content (AvgIpc) is 2.09. The summed E-state index contributed by atoms with van der Waals surface area (Å²) in [6.07, 6.45) is 3.71. The van der Waals surface area contributed by atoms with E-state index in [1.807, 2.05) is 6.08 Å². The monoisotopic (exact) mass is 176 g/mol. The molecule has 62 valence electrons. The Balaban J connectivity index is 2.91. The zero-order chi connectivity index (χ0) is 8.97. The Hall–Kier alpha value is -0.950. The standard InChI is InChI=1S/C11H12S/c1-3-11(12)8-10-6-4-9(2)5-7-10/h3-8,12H,1H2,2H3/b11-8-. The second-order valence-electron chi connectivity index (χ2n) is 2.68. The molecule has 0 N–H and O–H groups in total. The Morgan fingerprint density at radius 3 is 2.42 bits per heavy atom. The average molecular weight is 176 g/mol. The van der Waals surface area contributed by atoms with Crippen LogP contribution >= 0.6 is 12.6 Å². The molecule has 0 radical (unpaired) electrons. The molecule has 0 aliphatic carbocycles. The molecule has 0 saturated carbocycles. The van der Waals surface area contributed by atoms with E-state index in [1.165, 1.54) is 5.56 Å². The summed E-state index contributed by atoms with van der Waals surface area (Å²) in [7, 11) is 0. The van der Waals surface area contributed by atoms with Gasteiger partial charge in [0.2, 0.25) is 0 Å². The van der Waals surface area contributed by atoms with Crippen molar-refractivity contribution in [3.63, 3.8) is 0 Å². The minimum atomic E-state index is 0.888. The Labute approximate surface area is 79.0 Å². The maximum atomic E-state index is 4.21. The van der Waals surface area contributed by atoms with Gasteiger partial charge in [-0.1, -0.05) is 42.5 Å². The van der Waals surface area contributed by atoms with Gasteiger partial charge in [0.1, 0.15) is 0 Å². The fourth-order valence-corrected chi connectivity index (χ4v) is 1.04. The maximum Gasteiger partial charge on any atom is 0.00400 e. The van der Waals surface area contributed by atoms with E-state index in [4.69, 9.17) is 0 Å². The van der Waals surface area contributed by atoms with Crippen molar-refractivity contribution in [1.29, 1.82) is 0 Å². The number of hydrogen-bond donors (Lipinski definition) is 1. The second kappa shape index (κ2) is 4.17. The van der Waals surface area contributed by atoms with Crippen molar-refractivity contribution in [1.82, 2.24) is 0 Å². The zero-order valence-corrected chi connectivity index (χ0v) is 8.01. The highest BCUT2D eigenvalue weighted by Crippen LogP contribution is 2.11. The third-order valence-electron chi connectivity index (χ3n) is 1.60. The molecule has 0 heterocycles. The zero-order valence-electron chi connectivity index (χ0n) is 7.12. The van der Waals surface area contributed by atoms with Crippen LogP contribution in [-0.4, -0.2) is 0 Å². The van der Waals surface area contributed by atoms with Crippen LogP contribution in [0.1, 0.15) is 11.1 Å². The third-order valence-corrected chi connectivity index (χ3v) is 1.91. The van der Waals surface area contributed by atoms with Crippen molar-refractivity contribution in [3.8, 4) is 0 Å². The quantitative estimate of drug-likeness (QED) is 0.518. The lowest BCUT2D eigenvalue weighted by molar-refractivity contribution is 1.46. The number of hydrogen-bond acceptors (Lipinski definition) is 1. The van der Waals surface area contributed by atoms with Crippen molar-refractivity contribution in [3.05, 3.63) is 53.0 Å². The van der Waals surface area contributed by atoms with Crippen molar-refractivity contribution >= 4 is 18.7 Å². The summed E-state index contributed by atoms with van der Waals surface area (Å²) < 4.78 is 0. The second-order valence-corrected chi connectivity index (χ2v) is 3.20. The van der Waals surface area contributed by atoms with E-state index in [2.05, 4.69) is 50.4 Å². The Morgan fingerprint density at radius 2 is 1.92 bits per heavy atom. The van der Waals surface area contributed by atoms with Gasteiger partial charge in [0, 0.05) is 4.91 Å². The summed E-state index contributed by atoms with van der Waals surface area (Å²) in [5, 5.41) is 0. The first-order chi connectivity index (χ1) is 5.72. The number of thiol groups is 1. The summed E-state index contributed by atoms with van der Waals surface area (Å²) in [4.78, 5) is 0.888. The molecule has 0 spiro atoms. The van der Waals surface area contributed by atoms with Gasteiger partial charge in [0.25, 0.3) is 0 Å². The van der Waals surface area contributed by atoms with E-state index in [0.717, 1.165) is 10.5 Å². The Kier molecular flexibility index (Phi) is 3.18. The number of allylic oxidation sites excluding steroid dienone is 1. The first kappa shape index (κ1) is 9.14. The van der Waals surface area contributed by atoms with Crippen molar-refractivity contribution in [2.75, 3.05) is 0 Å². The summed E-state index contributed by atoms with van der Waals surface area (Å²) in [6.45, 7) is 5.70. The van der Waals surface area contributed by atoms with Crippen LogP contribution in [0.4, 0.5) is 0 Å². The van der Waals surface area contributed by atoms with Crippen molar-refractivity contribution in [2.24, 2.45) is 0 Å². The molecule has 0 bridgehead atoms. The van der Waals surface area contributed by atoms with Crippen LogP contribution in [0.5, 0.6) is 0 Å². The molecule has 1 aromatic rings. The lowest BCUT2D eigenvalue weighted by Gasteiger charge is -1.95. The summed E-state index contributed by atoms with van der Waals surface area (Å²) in [6, 6.07) is 8.29. The molecule has 0 atom stereocenters. The molecule has 0 fully saturated rings. The highest BCUT2D eigenvalue weighted by molar-refractivity contribution is 7.84. The molecule has 0 aliphatic rings. The van der Waals surface area contributed by atoms with Crippen molar-refractivity contribution in [2.45, 2.75) is 6.92 Å². The van der Waals surface area contributed by atoms with Crippen LogP contribution in [0.2, 0.25) is 0 Å². The summed E-state index contributed by atoms with van der Waals surface area (Å²) >= 11 is 4.21. The minimum absolute atomic E-state index is 0.888. The fraction of sp³-hybridized carbons (Fsp3) is 0.0909. The fourth-order valence-electron chi connectivity index (χ4n) is 0.892. The molecule has 0 aromatic heterocycles. The van der Waals surface area contributed by atoms with Gasteiger partial charge in [-0.25, -0.2) is 0 Å². The Morgan fingerprint density at radius 1 is 1.33 bits per heavy atom. The van der Waals surface area contributed by atoms with E-state index in [1.54, 1.807) is 6.08 Å². The van der Waals surface area contributed by atoms with E-state index in [-0.39, 0.29) is 0 Å². The van der Waals surface area contributed by atoms with Gasteiger partial charge in [-0.2, -0.15) is 0 Å². The van der Waals surface area contributed by atoms with Crippen LogP contribution < -0.4 is 0 Å². The van der Waals surface area contributed by atoms with E-state index in [9.17, 15) is 0 Å². The minimum Gasteiger partial charge on any atom is -0.143 e. The molecule has 1 rings (SSSR count). The highest BCUT2D eigenvalue weighted by atomic mass is 32.1. The molecule has 0 amide bonds. The normalized spacial score (nSPS) is 11.3. The van der Waals surface area contributed by atoms with Gasteiger partial charge in [-0.15, -0.1) is 12.6 Å². The van der Waals surface area contributed by atoms with Gasteiger partial charge in [0.05, 0.1) is 0 Å². The first-order valence-corrected chi connectivity index (χ1v) is 4.27. The third kappa shape index (κ3) is 2.59. The van der Waals surface area contributed by atoms with Gasteiger partial charge >= 0.3 is 0 Å². The molecule has 0 aliphatic heterocycles. The van der Waals surface area contributed by atoms with Crippen LogP contribution in [0.25, 0.3) is 6.08 Å². The first-order valence-electron chi connectivity index (χ1n) is 3.82. The van der Waals surface area contributed by atoms with Crippen LogP contribution in [0.3, 0.4) is 0 Å². The van der Waals surface area contributed by atoms with E-state index < -0.39 is 0 Å². The summed E-state index contributed by atoms with van der Waals surface area (Å²) in [5.74, 6) is 0. The largest absolute Gasteiger partial charge is 0.143 e. The van der Waals surface area contributed by atoms with Gasteiger partial charge in [-0.05, 0) is 18.6 Å². The summed E-state index contributed by atoms with van der Waals surface area (Å²) in [5.41, 5.74) is 2.43. The SMILES string of the molecule is C=C/C(S)=C/c1ccc(C)cc1. The highest BCUT2D eigenvalue weighted by Gasteiger charge is 1.87. The van der Waals surface area contributed by atoms with Crippen molar-refractivity contribution < 1.29 is 0 Å². The van der Waals surface area contributed by atoms with Crippen LogP contribution in [0.15, 0.2) is 41.8 Å². The lowest BCUT2D eigenvalue weighted by atomic mass is 10.1. The molecule has 0 nitrogen and oxygen atoms in total. The Bertz CT molecular complexity index is 293. The molecule has 0 unspecified atom stereocenters. The predicted molar refractivity (Wildman–Crippen MR) is 58.3 cm³/mol. The lowest BCUT2D eigenvalue weighted by Crippen LogP contribution is -1.74. The molecule has 0 saturated heterocycles. The van der Waals surface area contributed by atoms with E-state index >= 15 is 0 Å². The van der Waals surface area contributed by atoms with Gasteiger partial charge < -0.3 is 0 Å². The predicted octanol–water partition coefficient (Wildman–Crippen LogP) is 3.45. The molecule has 1 heteroatoms. The van der Waals surface area contributed by atoms with E-state index in [0.29, 0.717) is 0 Å². The molecular formula is C11H12S. The molecular weight excluding hydrogens is 164 g/mol. The van der Waals surface area contributed by atoms with Gasteiger partial charge in [-0.3, -0.25) is 0 Å². The molecule has 1 aromatic carbocycles. The number of aryl methyl sites for hydroxylation is 1. The smallest absolute Gasteiger partial charge is 0.00400 e. The number of rotatable bonds is 2. The van der Waals surface area contributed by atoms with Gasteiger partial charge in [0.15, 0.2) is 0 Å². The van der Waals surface area contributed by atoms with Crippen LogP contribution in [-0.2, 0) is 0 Å². The topological polar surface area (TPSA) is 0 Å². The van der Waals surface area contributed by atoms with Crippen LogP contribution in [0, 0.1) is 6.92 Å².